The van der Waals surface area contributed by atoms with Crippen LogP contribution in [0.1, 0.15) is 36.5 Å². The zero-order valence-electron chi connectivity index (χ0n) is 12.7. The van der Waals surface area contributed by atoms with E-state index >= 15 is 0 Å². The molecule has 1 atom stereocenters. The quantitative estimate of drug-likeness (QED) is 0.476. The van der Waals surface area contributed by atoms with Crippen LogP contribution in [0.4, 0.5) is 0 Å². The Morgan fingerprint density at radius 1 is 1.48 bits per heavy atom. The molecule has 1 aromatic carbocycles. The number of hydrogen-bond donors (Lipinski definition) is 2. The Labute approximate surface area is 126 Å². The molecule has 1 aromatic rings. The van der Waals surface area contributed by atoms with E-state index in [2.05, 4.69) is 17.2 Å². The summed E-state index contributed by atoms with van der Waals surface area (Å²) in [5.74, 6) is 6.26. The predicted octanol–water partition coefficient (Wildman–Crippen LogP) is 1.79. The van der Waals surface area contributed by atoms with Crippen molar-refractivity contribution >= 4 is 5.91 Å². The van der Waals surface area contributed by atoms with Gasteiger partial charge in [-0.2, -0.15) is 0 Å². The Morgan fingerprint density at radius 2 is 2.29 bits per heavy atom. The molecular weight excluding hydrogens is 266 g/mol. The van der Waals surface area contributed by atoms with Gasteiger partial charge in [0.05, 0.1) is 5.56 Å². The highest BCUT2D eigenvalue weighted by Crippen LogP contribution is 2.20. The van der Waals surface area contributed by atoms with Crippen molar-refractivity contribution in [3.8, 4) is 5.75 Å². The molecule has 1 heterocycles. The number of ether oxygens (including phenoxy) is 1. The minimum absolute atomic E-state index is 0.324. The molecule has 116 valence electrons. The second kappa shape index (κ2) is 8.00. The molecule has 1 unspecified atom stereocenters. The van der Waals surface area contributed by atoms with Crippen molar-refractivity contribution in [3.63, 3.8) is 0 Å². The number of benzene rings is 1. The number of hydrazine groups is 1. The summed E-state index contributed by atoms with van der Waals surface area (Å²) in [5.41, 5.74) is 2.62. The Kier molecular flexibility index (Phi) is 6.02. The third-order valence-corrected chi connectivity index (χ3v) is 4.11. The molecule has 1 aliphatic rings. The van der Waals surface area contributed by atoms with Crippen LogP contribution in [0, 0.1) is 5.92 Å². The number of likely N-dealkylation sites (tertiary alicyclic amines) is 1. The molecule has 1 saturated heterocycles. The molecule has 21 heavy (non-hydrogen) atoms. The van der Waals surface area contributed by atoms with E-state index in [-0.39, 0.29) is 5.91 Å². The minimum atomic E-state index is -0.324. The van der Waals surface area contributed by atoms with Crippen LogP contribution in [-0.4, -0.2) is 37.0 Å². The van der Waals surface area contributed by atoms with Crippen LogP contribution in [0.3, 0.4) is 0 Å². The monoisotopic (exact) mass is 291 g/mol. The van der Waals surface area contributed by atoms with E-state index in [1.807, 2.05) is 6.07 Å². The Hall–Kier alpha value is -1.59. The average molecular weight is 291 g/mol. The van der Waals surface area contributed by atoms with E-state index < -0.39 is 0 Å². The van der Waals surface area contributed by atoms with Crippen molar-refractivity contribution in [3.05, 3.63) is 29.8 Å². The van der Waals surface area contributed by atoms with E-state index in [1.165, 1.54) is 19.3 Å². The van der Waals surface area contributed by atoms with Crippen LogP contribution in [0.2, 0.25) is 0 Å². The van der Waals surface area contributed by atoms with Crippen molar-refractivity contribution in [2.45, 2.75) is 26.2 Å². The lowest BCUT2D eigenvalue weighted by Gasteiger charge is -2.32. The van der Waals surface area contributed by atoms with E-state index in [9.17, 15) is 4.79 Å². The molecule has 0 aromatic heterocycles. The fourth-order valence-corrected chi connectivity index (χ4v) is 2.83. The van der Waals surface area contributed by atoms with Crippen molar-refractivity contribution in [1.29, 1.82) is 0 Å². The van der Waals surface area contributed by atoms with E-state index in [0.29, 0.717) is 17.9 Å². The highest BCUT2D eigenvalue weighted by atomic mass is 16.5. The zero-order valence-corrected chi connectivity index (χ0v) is 12.7. The molecule has 1 aliphatic heterocycles. The number of carbonyl (C=O) groups excluding carboxylic acids is 1. The maximum absolute atomic E-state index is 11.7. The highest BCUT2D eigenvalue weighted by molar-refractivity contribution is 5.96. The third kappa shape index (κ3) is 4.44. The molecule has 0 spiro atoms. The minimum Gasteiger partial charge on any atom is -0.491 e. The van der Waals surface area contributed by atoms with Crippen LogP contribution in [0.5, 0.6) is 5.75 Å². The van der Waals surface area contributed by atoms with Gasteiger partial charge in [-0.15, -0.1) is 0 Å². The average Bonchev–Trinajstić information content (AvgIpc) is 2.55. The van der Waals surface area contributed by atoms with Gasteiger partial charge in [-0.05, 0) is 37.4 Å². The number of carbonyl (C=O) groups is 1. The number of para-hydroxylation sites is 1. The normalized spacial score (nSPS) is 19.2. The van der Waals surface area contributed by atoms with Crippen LogP contribution in [0.25, 0.3) is 0 Å². The summed E-state index contributed by atoms with van der Waals surface area (Å²) in [7, 11) is 0. The maximum atomic E-state index is 11.7. The van der Waals surface area contributed by atoms with Gasteiger partial charge in [0.2, 0.25) is 0 Å². The molecule has 1 fully saturated rings. The first-order valence-electron chi connectivity index (χ1n) is 7.69. The number of rotatable bonds is 6. The molecule has 0 saturated carbocycles. The van der Waals surface area contributed by atoms with E-state index in [1.54, 1.807) is 18.2 Å². The van der Waals surface area contributed by atoms with Crippen LogP contribution < -0.4 is 16.0 Å². The van der Waals surface area contributed by atoms with Gasteiger partial charge in [-0.25, -0.2) is 5.84 Å². The summed E-state index contributed by atoms with van der Waals surface area (Å²) < 4.78 is 5.77. The molecule has 0 bridgehead atoms. The third-order valence-electron chi connectivity index (χ3n) is 4.11. The first-order valence-corrected chi connectivity index (χ1v) is 7.69. The van der Waals surface area contributed by atoms with Crippen molar-refractivity contribution in [1.82, 2.24) is 10.3 Å². The van der Waals surface area contributed by atoms with Gasteiger partial charge in [-0.3, -0.25) is 15.1 Å². The Balaban J connectivity index is 1.85. The largest absolute Gasteiger partial charge is 0.491 e. The summed E-state index contributed by atoms with van der Waals surface area (Å²) in [6, 6.07) is 7.17. The lowest BCUT2D eigenvalue weighted by Crippen LogP contribution is -2.37. The van der Waals surface area contributed by atoms with Crippen molar-refractivity contribution in [2.24, 2.45) is 11.8 Å². The van der Waals surface area contributed by atoms with Gasteiger partial charge in [0.25, 0.3) is 5.91 Å². The van der Waals surface area contributed by atoms with Crippen molar-refractivity contribution in [2.75, 3.05) is 26.2 Å². The smallest absolute Gasteiger partial charge is 0.268 e. The SMILES string of the molecule is CCC1CCCN(CCOc2ccccc2C(=O)NN)C1. The van der Waals surface area contributed by atoms with Gasteiger partial charge in [0.15, 0.2) is 0 Å². The zero-order chi connectivity index (χ0) is 15.1. The molecular formula is C16H25N3O2. The first-order chi connectivity index (χ1) is 10.2. The fraction of sp³-hybridized carbons (Fsp3) is 0.562. The van der Waals surface area contributed by atoms with Gasteiger partial charge < -0.3 is 4.74 Å². The van der Waals surface area contributed by atoms with Gasteiger partial charge >= 0.3 is 0 Å². The summed E-state index contributed by atoms with van der Waals surface area (Å²) in [4.78, 5) is 14.1. The summed E-state index contributed by atoms with van der Waals surface area (Å²) in [6.07, 6.45) is 3.86. The van der Waals surface area contributed by atoms with Gasteiger partial charge in [0, 0.05) is 13.1 Å². The molecule has 5 nitrogen and oxygen atoms in total. The maximum Gasteiger partial charge on any atom is 0.268 e. The van der Waals surface area contributed by atoms with Crippen molar-refractivity contribution < 1.29 is 9.53 Å². The van der Waals surface area contributed by atoms with Crippen LogP contribution >= 0.6 is 0 Å². The predicted molar refractivity (Wildman–Crippen MR) is 83.0 cm³/mol. The number of nitrogens with two attached hydrogens (primary N) is 1. The molecule has 0 aliphatic carbocycles. The molecule has 0 radical (unpaired) electrons. The van der Waals surface area contributed by atoms with Gasteiger partial charge in [0.1, 0.15) is 12.4 Å². The lowest BCUT2D eigenvalue weighted by molar-refractivity contribution is 0.0947. The first kappa shape index (κ1) is 15.8. The fourth-order valence-electron chi connectivity index (χ4n) is 2.83. The van der Waals surface area contributed by atoms with Crippen LogP contribution in [-0.2, 0) is 0 Å². The van der Waals surface area contributed by atoms with Crippen LogP contribution in [0.15, 0.2) is 24.3 Å². The number of amides is 1. The standard InChI is InChI=1S/C16H25N3O2/c1-2-13-6-5-9-19(12-13)10-11-21-15-8-4-3-7-14(15)16(20)18-17/h3-4,7-8,13H,2,5-6,9-12,17H2,1H3,(H,18,20). The highest BCUT2D eigenvalue weighted by Gasteiger charge is 2.18. The van der Waals surface area contributed by atoms with Gasteiger partial charge in [-0.1, -0.05) is 25.5 Å². The number of hydrogen-bond acceptors (Lipinski definition) is 4. The summed E-state index contributed by atoms with van der Waals surface area (Å²) in [6.45, 7) is 6.04. The number of nitrogens with one attached hydrogen (secondary N) is 1. The second-order valence-corrected chi connectivity index (χ2v) is 5.54. The Bertz CT molecular complexity index is 465. The number of piperidine rings is 1. The summed E-state index contributed by atoms with van der Waals surface area (Å²) in [5, 5.41) is 0. The topological polar surface area (TPSA) is 67.6 Å². The molecule has 1 amide bonds. The second-order valence-electron chi connectivity index (χ2n) is 5.54. The Morgan fingerprint density at radius 3 is 3.05 bits per heavy atom. The van der Waals surface area contributed by atoms with E-state index in [0.717, 1.165) is 25.6 Å². The number of nitrogen functional groups attached to an aromatic ring is 1. The molecule has 3 N–H and O–H groups in total. The van der Waals surface area contributed by atoms with E-state index in [4.69, 9.17) is 10.6 Å². The summed E-state index contributed by atoms with van der Waals surface area (Å²) >= 11 is 0. The number of nitrogens with zero attached hydrogens (tertiary/aromatic N) is 1. The lowest BCUT2D eigenvalue weighted by atomic mass is 9.96. The molecule has 2 rings (SSSR count). The molecule has 5 heteroatoms.